The molecule has 3 aromatic heterocycles. The minimum Gasteiger partial charge on any atom is -0.382 e. The van der Waals surface area contributed by atoms with Crippen LogP contribution in [-0.2, 0) is 14.3 Å². The van der Waals surface area contributed by atoms with Crippen molar-refractivity contribution < 1.29 is 14.3 Å². The fourth-order valence-corrected chi connectivity index (χ4v) is 4.89. The van der Waals surface area contributed by atoms with E-state index in [1.807, 2.05) is 55.6 Å². The normalized spacial score (nSPS) is 15.9. The van der Waals surface area contributed by atoms with E-state index in [1.54, 1.807) is 11.6 Å². The quantitative estimate of drug-likeness (QED) is 0.255. The van der Waals surface area contributed by atoms with E-state index >= 15 is 0 Å². The van der Waals surface area contributed by atoms with Crippen molar-refractivity contribution in [2.75, 3.05) is 50.6 Å². The molecule has 4 aromatic rings. The second kappa shape index (κ2) is 11.7. The highest BCUT2D eigenvalue weighted by atomic mass is 32.2. The maximum absolute atomic E-state index is 12.5. The maximum Gasteiger partial charge on any atom is 0.238 e. The van der Waals surface area contributed by atoms with Gasteiger partial charge in [0.25, 0.3) is 0 Å². The molecule has 4 heterocycles. The molecule has 12 heteroatoms. The van der Waals surface area contributed by atoms with Crippen LogP contribution in [0, 0.1) is 6.92 Å². The number of anilines is 3. The first kappa shape index (κ1) is 25.2. The average molecular weight is 523 g/mol. The van der Waals surface area contributed by atoms with Gasteiger partial charge >= 0.3 is 0 Å². The van der Waals surface area contributed by atoms with Gasteiger partial charge in [-0.3, -0.25) is 14.8 Å². The Morgan fingerprint density at radius 3 is 2.89 bits per heavy atom. The first-order chi connectivity index (χ1) is 18.1. The molecule has 5 rings (SSSR count). The lowest BCUT2D eigenvalue weighted by molar-refractivity contribution is -0.117. The molecule has 1 aliphatic heterocycles. The highest BCUT2D eigenvalue weighted by Gasteiger charge is 2.24. The summed E-state index contributed by atoms with van der Waals surface area (Å²) in [5.41, 5.74) is 2.56. The molecule has 11 nitrogen and oxygen atoms in total. The number of nitrogens with zero attached hydrogens (tertiary/aromatic N) is 5. The van der Waals surface area contributed by atoms with E-state index in [4.69, 9.17) is 14.5 Å². The monoisotopic (exact) mass is 522 g/mol. The second-order valence-electron chi connectivity index (χ2n) is 8.83. The molecule has 0 saturated carbocycles. The van der Waals surface area contributed by atoms with Crippen LogP contribution < -0.4 is 10.6 Å². The lowest BCUT2D eigenvalue weighted by Gasteiger charge is -2.16. The zero-order chi connectivity index (χ0) is 25.6. The summed E-state index contributed by atoms with van der Waals surface area (Å²) in [6.07, 6.45) is 2.97. The molecule has 1 fully saturated rings. The molecule has 1 aliphatic rings. The van der Waals surface area contributed by atoms with E-state index in [1.165, 1.54) is 11.8 Å². The average Bonchev–Trinajstić information content (AvgIpc) is 3.62. The molecule has 0 bridgehead atoms. The summed E-state index contributed by atoms with van der Waals surface area (Å²) in [4.78, 5) is 20.3. The van der Waals surface area contributed by atoms with Crippen LogP contribution in [-0.4, -0.2) is 81.7 Å². The van der Waals surface area contributed by atoms with Gasteiger partial charge in [0.05, 0.1) is 25.9 Å². The molecule has 1 saturated heterocycles. The Morgan fingerprint density at radius 2 is 2.11 bits per heavy atom. The molecule has 0 aliphatic carbocycles. The van der Waals surface area contributed by atoms with Gasteiger partial charge in [-0.25, -0.2) is 9.50 Å². The number of nitrogens with one attached hydrogen (secondary N) is 3. The van der Waals surface area contributed by atoms with Crippen molar-refractivity contribution in [2.24, 2.45) is 0 Å². The fraction of sp³-hybridized carbons (Fsp3) is 0.360. The van der Waals surface area contributed by atoms with Crippen molar-refractivity contribution in [3.8, 4) is 0 Å². The van der Waals surface area contributed by atoms with Gasteiger partial charge in [-0.2, -0.15) is 5.10 Å². The van der Waals surface area contributed by atoms with Crippen molar-refractivity contribution in [1.82, 2.24) is 29.7 Å². The molecule has 1 aromatic carbocycles. The summed E-state index contributed by atoms with van der Waals surface area (Å²) < 4.78 is 12.6. The number of hydrogen-bond acceptors (Lipinski definition) is 9. The molecule has 37 heavy (non-hydrogen) atoms. The molecule has 3 N–H and O–H groups in total. The van der Waals surface area contributed by atoms with Crippen molar-refractivity contribution in [3.05, 3.63) is 54.4 Å². The molecule has 1 amide bonds. The number of amides is 1. The summed E-state index contributed by atoms with van der Waals surface area (Å²) >= 11 is 1.44. The van der Waals surface area contributed by atoms with Gasteiger partial charge in [-0.15, -0.1) is 5.10 Å². The molecule has 194 valence electrons. The second-order valence-corrected chi connectivity index (χ2v) is 9.87. The zero-order valence-electron chi connectivity index (χ0n) is 20.8. The third-order valence-electron chi connectivity index (χ3n) is 5.91. The number of hydrogen-bond donors (Lipinski definition) is 3. The molecule has 0 unspecified atom stereocenters. The van der Waals surface area contributed by atoms with Gasteiger partial charge in [-0.05, 0) is 61.5 Å². The number of likely N-dealkylation sites (tertiary alicyclic amines) is 1. The van der Waals surface area contributed by atoms with Crippen LogP contribution in [0.3, 0.4) is 0 Å². The first-order valence-corrected chi connectivity index (χ1v) is 12.9. The summed E-state index contributed by atoms with van der Waals surface area (Å²) in [6.45, 7) is 5.06. The predicted octanol–water partition coefficient (Wildman–Crippen LogP) is 3.33. The standard InChI is InChI=1S/C25H30N8O3S/c1-17-14-22(30-29-17)27-24-21-4-3-10-33(21)31-25(28-24)37-20-7-5-18(6-8-20)26-23(34)16-32-11-9-19(15-32)36-13-12-35-2/h3-8,10,14,19H,9,11-13,15-16H2,1-2H3,(H,26,34)(H2,27,28,29,30,31)/t19-/m1/s1. The van der Waals surface area contributed by atoms with Crippen molar-refractivity contribution in [2.45, 2.75) is 29.5 Å². The Labute approximate surface area is 218 Å². The highest BCUT2D eigenvalue weighted by molar-refractivity contribution is 7.99. The van der Waals surface area contributed by atoms with Crippen LogP contribution in [0.5, 0.6) is 0 Å². The number of aryl methyl sites for hydroxylation is 1. The lowest BCUT2D eigenvalue weighted by atomic mass is 10.3. The zero-order valence-corrected chi connectivity index (χ0v) is 21.6. The minimum absolute atomic E-state index is 0.0383. The van der Waals surface area contributed by atoms with E-state index in [-0.39, 0.29) is 12.0 Å². The van der Waals surface area contributed by atoms with Crippen LogP contribution >= 0.6 is 11.8 Å². The first-order valence-electron chi connectivity index (χ1n) is 12.1. The SMILES string of the molecule is COCCO[C@@H]1CCN(CC(=O)Nc2ccc(Sc3nc(Nc4cc(C)[nH]n4)c4cccn4n3)cc2)C1. The van der Waals surface area contributed by atoms with Crippen molar-refractivity contribution in [1.29, 1.82) is 0 Å². The Hall–Kier alpha value is -3.45. The Balaban J connectivity index is 1.17. The smallest absolute Gasteiger partial charge is 0.238 e. The fourth-order valence-electron chi connectivity index (χ4n) is 4.14. The van der Waals surface area contributed by atoms with Crippen LogP contribution in [0.1, 0.15) is 12.1 Å². The predicted molar refractivity (Wildman–Crippen MR) is 141 cm³/mol. The number of methoxy groups -OCH3 is 1. The van der Waals surface area contributed by atoms with E-state index < -0.39 is 0 Å². The Bertz CT molecular complexity index is 1340. The van der Waals surface area contributed by atoms with Gasteiger partial charge in [0.1, 0.15) is 5.52 Å². The Kier molecular flexibility index (Phi) is 7.99. The van der Waals surface area contributed by atoms with Gasteiger partial charge < -0.3 is 20.1 Å². The summed E-state index contributed by atoms with van der Waals surface area (Å²) in [6, 6.07) is 13.5. The number of carbonyl (C=O) groups is 1. The van der Waals surface area contributed by atoms with E-state index in [2.05, 4.69) is 30.8 Å². The van der Waals surface area contributed by atoms with Crippen molar-refractivity contribution in [3.63, 3.8) is 0 Å². The Morgan fingerprint density at radius 1 is 1.24 bits per heavy atom. The molecule has 1 atom stereocenters. The number of fused-ring (bicyclic) bond motifs is 1. The minimum atomic E-state index is -0.0383. The summed E-state index contributed by atoms with van der Waals surface area (Å²) in [5, 5.41) is 18.6. The number of aromatic nitrogens is 5. The number of benzene rings is 1. The van der Waals surface area contributed by atoms with E-state index in [0.29, 0.717) is 36.6 Å². The number of aromatic amines is 1. The topological polar surface area (TPSA) is 122 Å². The molecule has 0 spiro atoms. The third kappa shape index (κ3) is 6.66. The number of H-pyrrole nitrogens is 1. The number of ether oxygens (including phenoxy) is 2. The van der Waals surface area contributed by atoms with Crippen LogP contribution in [0.25, 0.3) is 5.52 Å². The summed E-state index contributed by atoms with van der Waals surface area (Å²) in [7, 11) is 1.66. The molecule has 0 radical (unpaired) electrons. The summed E-state index contributed by atoms with van der Waals surface area (Å²) in [5.74, 6) is 1.33. The molecular weight excluding hydrogens is 492 g/mol. The van der Waals surface area contributed by atoms with Gasteiger partial charge in [0.15, 0.2) is 11.6 Å². The highest BCUT2D eigenvalue weighted by Crippen LogP contribution is 2.29. The van der Waals surface area contributed by atoms with Crippen molar-refractivity contribution >= 4 is 40.5 Å². The number of rotatable bonds is 11. The van der Waals surface area contributed by atoms with E-state index in [0.717, 1.165) is 41.3 Å². The lowest BCUT2D eigenvalue weighted by Crippen LogP contribution is -2.32. The largest absolute Gasteiger partial charge is 0.382 e. The van der Waals surface area contributed by atoms with Crippen LogP contribution in [0.4, 0.5) is 17.3 Å². The molecular formula is C25H30N8O3S. The number of carbonyl (C=O) groups excluding carboxylic acids is 1. The van der Waals surface area contributed by atoms with E-state index in [9.17, 15) is 4.79 Å². The third-order valence-corrected chi connectivity index (χ3v) is 6.77. The van der Waals surface area contributed by atoms with Gasteiger partial charge in [0.2, 0.25) is 11.1 Å². The van der Waals surface area contributed by atoms with Crippen LogP contribution in [0.15, 0.2) is 58.7 Å². The van der Waals surface area contributed by atoms with Gasteiger partial charge in [-0.1, -0.05) is 0 Å². The maximum atomic E-state index is 12.5. The van der Waals surface area contributed by atoms with Crippen LogP contribution in [0.2, 0.25) is 0 Å². The van der Waals surface area contributed by atoms with Gasteiger partial charge in [0, 0.05) is 48.7 Å².